The number of aliphatic hydroxyl groups is 1. The molecule has 1 aromatic heterocycles. The molecule has 0 aliphatic carbocycles. The first-order valence-corrected chi connectivity index (χ1v) is 8.24. The van der Waals surface area contributed by atoms with Crippen molar-refractivity contribution in [1.82, 2.24) is 4.98 Å². The number of carbonyl (C=O) groups is 1. The van der Waals surface area contributed by atoms with Crippen LogP contribution in [0.2, 0.25) is 0 Å². The van der Waals surface area contributed by atoms with Gasteiger partial charge in [-0.3, -0.25) is 4.79 Å². The fourth-order valence-electron chi connectivity index (χ4n) is 2.94. The minimum atomic E-state index is -0.455. The van der Waals surface area contributed by atoms with Crippen molar-refractivity contribution in [1.29, 1.82) is 0 Å². The standard InChI is InChI=1S/C20H20FNO4/c1-12-7-15-16(11-22-17(15)10-19(12)25-2)18(24)8-13-3-4-14(21)9-20(13)26-6-5-23/h3-4,7,9-11,22-23H,5-6,8H2,1-2H3. The molecule has 0 bridgehead atoms. The second kappa shape index (κ2) is 7.58. The van der Waals surface area contributed by atoms with Gasteiger partial charge in [0.05, 0.1) is 13.7 Å². The zero-order valence-corrected chi connectivity index (χ0v) is 14.6. The zero-order valence-electron chi connectivity index (χ0n) is 14.6. The summed E-state index contributed by atoms with van der Waals surface area (Å²) in [4.78, 5) is 15.9. The summed E-state index contributed by atoms with van der Waals surface area (Å²) < 4.78 is 24.1. The van der Waals surface area contributed by atoms with Gasteiger partial charge in [0.2, 0.25) is 0 Å². The number of hydrogen-bond acceptors (Lipinski definition) is 4. The maximum atomic E-state index is 13.5. The molecule has 5 nitrogen and oxygen atoms in total. The van der Waals surface area contributed by atoms with E-state index in [1.165, 1.54) is 18.2 Å². The molecule has 0 aliphatic heterocycles. The summed E-state index contributed by atoms with van der Waals surface area (Å²) in [6.07, 6.45) is 1.74. The van der Waals surface area contributed by atoms with Gasteiger partial charge in [0.25, 0.3) is 0 Å². The Bertz CT molecular complexity index is 948. The molecule has 0 saturated heterocycles. The van der Waals surface area contributed by atoms with Gasteiger partial charge in [0.1, 0.15) is 23.9 Å². The summed E-state index contributed by atoms with van der Waals surface area (Å²) in [7, 11) is 1.60. The molecule has 3 rings (SSSR count). The Balaban J connectivity index is 1.91. The number of aromatic nitrogens is 1. The van der Waals surface area contributed by atoms with E-state index in [4.69, 9.17) is 14.6 Å². The summed E-state index contributed by atoms with van der Waals surface area (Å²) >= 11 is 0. The van der Waals surface area contributed by atoms with E-state index in [-0.39, 0.29) is 31.2 Å². The molecule has 0 spiro atoms. The van der Waals surface area contributed by atoms with Gasteiger partial charge in [-0.25, -0.2) is 4.39 Å². The summed E-state index contributed by atoms with van der Waals surface area (Å²) in [5.41, 5.74) is 2.88. The van der Waals surface area contributed by atoms with E-state index in [1.54, 1.807) is 13.3 Å². The number of aromatic amines is 1. The molecule has 0 aliphatic rings. The summed E-state index contributed by atoms with van der Waals surface area (Å²) in [6, 6.07) is 7.81. The molecular weight excluding hydrogens is 337 g/mol. The lowest BCUT2D eigenvalue weighted by Crippen LogP contribution is -2.08. The van der Waals surface area contributed by atoms with E-state index in [2.05, 4.69) is 4.98 Å². The number of halogens is 1. The number of rotatable bonds is 7. The number of fused-ring (bicyclic) bond motifs is 1. The molecule has 26 heavy (non-hydrogen) atoms. The van der Waals surface area contributed by atoms with Gasteiger partial charge >= 0.3 is 0 Å². The van der Waals surface area contributed by atoms with E-state index in [0.717, 1.165) is 22.2 Å². The molecule has 136 valence electrons. The van der Waals surface area contributed by atoms with E-state index in [1.807, 2.05) is 19.1 Å². The number of ether oxygens (including phenoxy) is 2. The highest BCUT2D eigenvalue weighted by Gasteiger charge is 2.17. The van der Waals surface area contributed by atoms with Crippen LogP contribution >= 0.6 is 0 Å². The number of carbonyl (C=O) groups excluding carboxylic acids is 1. The summed E-state index contributed by atoms with van der Waals surface area (Å²) in [6.45, 7) is 1.77. The number of aliphatic hydroxyl groups excluding tert-OH is 1. The van der Waals surface area contributed by atoms with Gasteiger partial charge < -0.3 is 19.6 Å². The second-order valence-electron chi connectivity index (χ2n) is 5.99. The molecule has 0 amide bonds. The molecule has 2 N–H and O–H groups in total. The predicted molar refractivity (Wildman–Crippen MR) is 96.6 cm³/mol. The van der Waals surface area contributed by atoms with E-state index < -0.39 is 5.82 Å². The highest BCUT2D eigenvalue weighted by molar-refractivity contribution is 6.09. The Hall–Kier alpha value is -2.86. The van der Waals surface area contributed by atoms with Crippen LogP contribution in [0.5, 0.6) is 11.5 Å². The SMILES string of the molecule is COc1cc2[nH]cc(C(=O)Cc3ccc(F)cc3OCCO)c2cc1C. The number of H-pyrrole nitrogens is 1. The Morgan fingerprint density at radius 3 is 2.77 bits per heavy atom. The average molecular weight is 357 g/mol. The van der Waals surface area contributed by atoms with Crippen LogP contribution in [-0.2, 0) is 6.42 Å². The first-order chi connectivity index (χ1) is 12.5. The van der Waals surface area contributed by atoms with Gasteiger partial charge in [-0.05, 0) is 24.6 Å². The molecule has 3 aromatic rings. The molecule has 1 heterocycles. The third-order valence-corrected chi connectivity index (χ3v) is 4.23. The molecular formula is C20H20FNO4. The van der Waals surface area contributed by atoms with Crippen molar-refractivity contribution in [3.8, 4) is 11.5 Å². The van der Waals surface area contributed by atoms with E-state index >= 15 is 0 Å². The van der Waals surface area contributed by atoms with Crippen LogP contribution in [0.1, 0.15) is 21.5 Å². The quantitative estimate of drug-likeness (QED) is 0.636. The number of nitrogens with one attached hydrogen (secondary N) is 1. The number of Topliss-reactive ketones (excluding diaryl/α,β-unsaturated/α-hetero) is 1. The minimum absolute atomic E-state index is 0.0384. The van der Waals surface area contributed by atoms with Crippen LogP contribution < -0.4 is 9.47 Å². The Labute approximate surface area is 150 Å². The first kappa shape index (κ1) is 17.9. The number of benzene rings is 2. The van der Waals surface area contributed by atoms with Crippen LogP contribution in [0.15, 0.2) is 36.5 Å². The van der Waals surface area contributed by atoms with E-state index in [9.17, 15) is 9.18 Å². The van der Waals surface area contributed by atoms with Crippen molar-refractivity contribution in [2.24, 2.45) is 0 Å². The predicted octanol–water partition coefficient (Wildman–Crippen LogP) is 3.42. The van der Waals surface area contributed by atoms with Gasteiger partial charge in [-0.2, -0.15) is 0 Å². The smallest absolute Gasteiger partial charge is 0.169 e. The van der Waals surface area contributed by atoms with Crippen LogP contribution in [0.4, 0.5) is 4.39 Å². The monoisotopic (exact) mass is 357 g/mol. The zero-order chi connectivity index (χ0) is 18.7. The third kappa shape index (κ3) is 3.55. The van der Waals surface area contributed by atoms with Crippen LogP contribution in [0.3, 0.4) is 0 Å². The van der Waals surface area contributed by atoms with Crippen molar-refractivity contribution in [2.75, 3.05) is 20.3 Å². The largest absolute Gasteiger partial charge is 0.496 e. The number of ketones is 1. The Morgan fingerprint density at radius 1 is 1.23 bits per heavy atom. The topological polar surface area (TPSA) is 71.6 Å². The van der Waals surface area contributed by atoms with Gasteiger partial charge in [0.15, 0.2) is 5.78 Å². The number of hydrogen-bond donors (Lipinski definition) is 2. The molecule has 0 saturated carbocycles. The van der Waals surface area contributed by atoms with Gasteiger partial charge in [-0.1, -0.05) is 6.07 Å². The minimum Gasteiger partial charge on any atom is -0.496 e. The third-order valence-electron chi connectivity index (χ3n) is 4.23. The van der Waals surface area contributed by atoms with Crippen molar-refractivity contribution in [2.45, 2.75) is 13.3 Å². The van der Waals surface area contributed by atoms with Crippen LogP contribution in [0, 0.1) is 12.7 Å². The van der Waals surface area contributed by atoms with Crippen molar-refractivity contribution < 1.29 is 23.8 Å². The van der Waals surface area contributed by atoms with Gasteiger partial charge in [-0.15, -0.1) is 0 Å². The number of methoxy groups -OCH3 is 1. The van der Waals surface area contributed by atoms with Gasteiger partial charge in [0, 0.05) is 46.8 Å². The lowest BCUT2D eigenvalue weighted by atomic mass is 10.0. The van der Waals surface area contributed by atoms with E-state index in [0.29, 0.717) is 11.1 Å². The summed E-state index contributed by atoms with van der Waals surface area (Å²) in [5, 5.41) is 9.72. The Morgan fingerprint density at radius 2 is 2.04 bits per heavy atom. The lowest BCUT2D eigenvalue weighted by molar-refractivity contribution is 0.0993. The molecule has 0 unspecified atom stereocenters. The molecule has 0 atom stereocenters. The highest BCUT2D eigenvalue weighted by atomic mass is 19.1. The maximum absolute atomic E-state index is 13.5. The molecule has 0 fully saturated rings. The highest BCUT2D eigenvalue weighted by Crippen LogP contribution is 2.29. The van der Waals surface area contributed by atoms with Crippen LogP contribution in [-0.4, -0.2) is 36.2 Å². The van der Waals surface area contributed by atoms with Crippen molar-refractivity contribution in [3.05, 3.63) is 59.0 Å². The molecule has 2 aromatic carbocycles. The fourth-order valence-corrected chi connectivity index (χ4v) is 2.94. The first-order valence-electron chi connectivity index (χ1n) is 8.24. The maximum Gasteiger partial charge on any atom is 0.169 e. The van der Waals surface area contributed by atoms with Crippen molar-refractivity contribution >= 4 is 16.7 Å². The summed E-state index contributed by atoms with van der Waals surface area (Å²) in [5.74, 6) is 0.451. The normalized spacial score (nSPS) is 10.9. The molecule has 0 radical (unpaired) electrons. The van der Waals surface area contributed by atoms with Crippen molar-refractivity contribution in [3.63, 3.8) is 0 Å². The fraction of sp³-hybridized carbons (Fsp3) is 0.250. The average Bonchev–Trinajstić information content (AvgIpc) is 3.03. The van der Waals surface area contributed by atoms with Crippen LogP contribution in [0.25, 0.3) is 10.9 Å². The Kier molecular flexibility index (Phi) is 5.23. The lowest BCUT2D eigenvalue weighted by Gasteiger charge is -2.10. The number of aryl methyl sites for hydroxylation is 1. The molecule has 6 heteroatoms. The second-order valence-corrected chi connectivity index (χ2v) is 5.99.